The zero-order chi connectivity index (χ0) is 13.8. The molecule has 0 aromatic heterocycles. The lowest BCUT2D eigenvalue weighted by Crippen LogP contribution is -2.47. The minimum Gasteiger partial charge on any atom is -0.497 e. The van der Waals surface area contributed by atoms with Crippen LogP contribution in [-0.2, 0) is 0 Å². The molecule has 1 aromatic rings. The Kier molecular flexibility index (Phi) is 4.38. The van der Waals surface area contributed by atoms with Crippen LogP contribution in [0.3, 0.4) is 0 Å². The van der Waals surface area contributed by atoms with Gasteiger partial charge in [0.1, 0.15) is 5.75 Å². The molecule has 1 saturated heterocycles. The van der Waals surface area contributed by atoms with E-state index in [4.69, 9.17) is 4.74 Å². The number of hydrogen-bond acceptors (Lipinski definition) is 3. The first-order chi connectivity index (χ1) is 9.86. The van der Waals surface area contributed by atoms with Crippen molar-refractivity contribution in [1.29, 1.82) is 0 Å². The normalized spacial score (nSPS) is 21.6. The molecule has 0 bridgehead atoms. The lowest BCUT2D eigenvalue weighted by atomic mass is 10.00. The number of piperidine rings is 1. The Hall–Kier alpha value is -1.32. The van der Waals surface area contributed by atoms with E-state index in [1.54, 1.807) is 7.11 Å². The van der Waals surface area contributed by atoms with Crippen molar-refractivity contribution >= 4 is 5.57 Å². The minimum absolute atomic E-state index is 0.931. The molecule has 20 heavy (non-hydrogen) atoms. The molecule has 0 atom stereocenters. The van der Waals surface area contributed by atoms with Gasteiger partial charge in [0.15, 0.2) is 0 Å². The van der Waals surface area contributed by atoms with Gasteiger partial charge in [-0.15, -0.1) is 0 Å². The van der Waals surface area contributed by atoms with Crippen LogP contribution in [0.4, 0.5) is 0 Å². The van der Waals surface area contributed by atoms with Crippen LogP contribution >= 0.6 is 0 Å². The Labute approximate surface area is 121 Å². The van der Waals surface area contributed by atoms with Crippen LogP contribution in [-0.4, -0.2) is 43.3 Å². The summed E-state index contributed by atoms with van der Waals surface area (Å²) in [6.45, 7) is 4.69. The SMILES string of the molecule is COc1ccc(C2=CCN(N3CCCCC3)CC2)cc1. The molecule has 1 fully saturated rings. The molecule has 0 amide bonds. The van der Waals surface area contributed by atoms with Crippen LogP contribution in [0.2, 0.25) is 0 Å². The smallest absolute Gasteiger partial charge is 0.118 e. The fourth-order valence-electron chi connectivity index (χ4n) is 3.14. The number of rotatable bonds is 3. The van der Waals surface area contributed by atoms with E-state index in [0.717, 1.165) is 25.3 Å². The minimum atomic E-state index is 0.931. The number of benzene rings is 1. The van der Waals surface area contributed by atoms with Crippen molar-refractivity contribution in [2.24, 2.45) is 0 Å². The predicted molar refractivity (Wildman–Crippen MR) is 82.6 cm³/mol. The largest absolute Gasteiger partial charge is 0.497 e. The van der Waals surface area contributed by atoms with Crippen LogP contribution in [0.25, 0.3) is 5.57 Å². The van der Waals surface area contributed by atoms with Gasteiger partial charge >= 0.3 is 0 Å². The van der Waals surface area contributed by atoms with Crippen molar-refractivity contribution in [3.8, 4) is 5.75 Å². The second kappa shape index (κ2) is 6.42. The van der Waals surface area contributed by atoms with Crippen LogP contribution in [0.1, 0.15) is 31.2 Å². The summed E-state index contributed by atoms with van der Waals surface area (Å²) in [5.74, 6) is 0.931. The van der Waals surface area contributed by atoms with Crippen LogP contribution in [0, 0.1) is 0 Å². The molecule has 3 heteroatoms. The average molecular weight is 272 g/mol. The van der Waals surface area contributed by atoms with Crippen molar-refractivity contribution in [2.75, 3.05) is 33.3 Å². The standard InChI is InChI=1S/C17H24N2O/c1-20-17-7-5-15(6-8-17)16-9-13-19(14-10-16)18-11-3-2-4-12-18/h5-9H,2-4,10-14H2,1H3. The lowest BCUT2D eigenvalue weighted by molar-refractivity contribution is -0.0304. The average Bonchev–Trinajstić information content (AvgIpc) is 2.56. The highest BCUT2D eigenvalue weighted by atomic mass is 16.5. The van der Waals surface area contributed by atoms with Gasteiger partial charge in [0.25, 0.3) is 0 Å². The molecule has 3 nitrogen and oxygen atoms in total. The molecular formula is C17H24N2O. The van der Waals surface area contributed by atoms with E-state index >= 15 is 0 Å². The molecule has 1 aromatic carbocycles. The van der Waals surface area contributed by atoms with Gasteiger partial charge in [0.2, 0.25) is 0 Å². The third-order valence-corrected chi connectivity index (χ3v) is 4.38. The van der Waals surface area contributed by atoms with Crippen molar-refractivity contribution in [2.45, 2.75) is 25.7 Å². The first-order valence-corrected chi connectivity index (χ1v) is 7.70. The second-order valence-corrected chi connectivity index (χ2v) is 5.63. The summed E-state index contributed by atoms with van der Waals surface area (Å²) >= 11 is 0. The van der Waals surface area contributed by atoms with Crippen molar-refractivity contribution < 1.29 is 4.74 Å². The lowest BCUT2D eigenvalue weighted by Gasteiger charge is -2.39. The molecule has 0 spiro atoms. The van der Waals surface area contributed by atoms with E-state index in [1.807, 2.05) is 12.1 Å². The fourth-order valence-corrected chi connectivity index (χ4v) is 3.14. The van der Waals surface area contributed by atoms with E-state index in [1.165, 1.54) is 43.5 Å². The first kappa shape index (κ1) is 13.7. The molecular weight excluding hydrogens is 248 g/mol. The van der Waals surface area contributed by atoms with E-state index in [0.29, 0.717) is 0 Å². The zero-order valence-electron chi connectivity index (χ0n) is 12.3. The number of hydrazine groups is 1. The summed E-state index contributed by atoms with van der Waals surface area (Å²) in [5.41, 5.74) is 2.81. The summed E-state index contributed by atoms with van der Waals surface area (Å²) in [7, 11) is 1.71. The molecule has 2 aliphatic rings. The van der Waals surface area contributed by atoms with E-state index in [9.17, 15) is 0 Å². The van der Waals surface area contributed by atoms with Crippen molar-refractivity contribution in [3.63, 3.8) is 0 Å². The maximum Gasteiger partial charge on any atom is 0.118 e. The van der Waals surface area contributed by atoms with Gasteiger partial charge in [-0.25, -0.2) is 10.0 Å². The Morgan fingerprint density at radius 1 is 0.900 bits per heavy atom. The topological polar surface area (TPSA) is 15.7 Å². The molecule has 108 valence electrons. The second-order valence-electron chi connectivity index (χ2n) is 5.63. The third-order valence-electron chi connectivity index (χ3n) is 4.38. The molecule has 2 heterocycles. The predicted octanol–water partition coefficient (Wildman–Crippen LogP) is 3.19. The highest BCUT2D eigenvalue weighted by Crippen LogP contribution is 2.25. The summed E-state index contributed by atoms with van der Waals surface area (Å²) < 4.78 is 5.22. The van der Waals surface area contributed by atoms with E-state index in [2.05, 4.69) is 28.2 Å². The van der Waals surface area contributed by atoms with Crippen LogP contribution in [0.15, 0.2) is 30.3 Å². The monoisotopic (exact) mass is 272 g/mol. The fraction of sp³-hybridized carbons (Fsp3) is 0.529. The van der Waals surface area contributed by atoms with Gasteiger partial charge in [-0.1, -0.05) is 24.6 Å². The van der Waals surface area contributed by atoms with E-state index < -0.39 is 0 Å². The first-order valence-electron chi connectivity index (χ1n) is 7.70. The van der Waals surface area contributed by atoms with Crippen molar-refractivity contribution in [1.82, 2.24) is 10.0 Å². The number of methoxy groups -OCH3 is 1. The Morgan fingerprint density at radius 2 is 1.65 bits per heavy atom. The van der Waals surface area contributed by atoms with Gasteiger partial charge in [0, 0.05) is 26.2 Å². The van der Waals surface area contributed by atoms with Crippen LogP contribution in [0.5, 0.6) is 5.75 Å². The van der Waals surface area contributed by atoms with Gasteiger partial charge < -0.3 is 4.74 Å². The summed E-state index contributed by atoms with van der Waals surface area (Å²) in [4.78, 5) is 0. The molecule has 0 N–H and O–H groups in total. The number of ether oxygens (including phenoxy) is 1. The quantitative estimate of drug-likeness (QED) is 0.840. The molecule has 0 saturated carbocycles. The zero-order valence-corrected chi connectivity index (χ0v) is 12.3. The maximum atomic E-state index is 5.22. The third kappa shape index (κ3) is 3.05. The van der Waals surface area contributed by atoms with Crippen molar-refractivity contribution in [3.05, 3.63) is 35.9 Å². The van der Waals surface area contributed by atoms with Gasteiger partial charge in [-0.3, -0.25) is 0 Å². The van der Waals surface area contributed by atoms with Gasteiger partial charge in [-0.05, 0) is 42.5 Å². The summed E-state index contributed by atoms with van der Waals surface area (Å²) in [6.07, 6.45) is 7.64. The Balaban J connectivity index is 1.63. The highest BCUT2D eigenvalue weighted by Gasteiger charge is 2.20. The highest BCUT2D eigenvalue weighted by molar-refractivity contribution is 5.67. The van der Waals surface area contributed by atoms with E-state index in [-0.39, 0.29) is 0 Å². The summed E-state index contributed by atoms with van der Waals surface area (Å²) in [6, 6.07) is 8.43. The Bertz CT molecular complexity index is 460. The molecule has 0 unspecified atom stereocenters. The molecule has 3 rings (SSSR count). The molecule has 0 aliphatic carbocycles. The number of nitrogens with zero attached hydrogens (tertiary/aromatic N) is 2. The molecule has 2 aliphatic heterocycles. The van der Waals surface area contributed by atoms with Crippen LogP contribution < -0.4 is 4.74 Å². The van der Waals surface area contributed by atoms with Gasteiger partial charge in [0.05, 0.1) is 7.11 Å². The number of hydrogen-bond donors (Lipinski definition) is 0. The molecule has 0 radical (unpaired) electrons. The Morgan fingerprint density at radius 3 is 2.25 bits per heavy atom. The van der Waals surface area contributed by atoms with Gasteiger partial charge in [-0.2, -0.15) is 0 Å². The summed E-state index contributed by atoms with van der Waals surface area (Å²) in [5, 5.41) is 5.07. The maximum absolute atomic E-state index is 5.22.